The van der Waals surface area contributed by atoms with Crippen LogP contribution in [0.5, 0.6) is 0 Å². The van der Waals surface area contributed by atoms with Crippen molar-refractivity contribution < 1.29 is 19.2 Å². The van der Waals surface area contributed by atoms with Crippen molar-refractivity contribution >= 4 is 5.91 Å². The molecule has 1 N–H and O–H groups in total. The Balaban J connectivity index is 1.35. The highest BCUT2D eigenvalue weighted by Gasteiger charge is 2.44. The summed E-state index contributed by atoms with van der Waals surface area (Å²) in [6, 6.07) is 10.1. The van der Waals surface area contributed by atoms with Crippen molar-refractivity contribution in [2.45, 2.75) is 70.2 Å². The molecule has 2 atom stereocenters. The third kappa shape index (κ3) is 4.38. The highest BCUT2D eigenvalue weighted by Crippen LogP contribution is 2.43. The Hall–Kier alpha value is -2.18. The molecule has 156 valence electrons. The molecule has 2 aromatic rings. The van der Waals surface area contributed by atoms with Crippen LogP contribution in [0, 0.1) is 13.8 Å². The van der Waals surface area contributed by atoms with Crippen molar-refractivity contribution in [2.24, 2.45) is 0 Å². The Labute approximate surface area is 171 Å². The van der Waals surface area contributed by atoms with Crippen LogP contribution in [0.2, 0.25) is 0 Å². The molecule has 1 amide bonds. The van der Waals surface area contributed by atoms with Crippen molar-refractivity contribution in [2.75, 3.05) is 13.1 Å². The zero-order chi connectivity index (χ0) is 20.4. The molecule has 6 nitrogen and oxygen atoms in total. The second kappa shape index (κ2) is 8.28. The molecule has 1 aromatic carbocycles. The van der Waals surface area contributed by atoms with Gasteiger partial charge in [-0.1, -0.05) is 35.5 Å². The first kappa shape index (κ1) is 20.1. The van der Waals surface area contributed by atoms with E-state index >= 15 is 0 Å². The summed E-state index contributed by atoms with van der Waals surface area (Å²) in [7, 11) is 0. The van der Waals surface area contributed by atoms with Crippen LogP contribution in [0.15, 0.2) is 34.9 Å². The molecular weight excluding hydrogens is 368 g/mol. The predicted octanol–water partition coefficient (Wildman–Crippen LogP) is 3.50. The second-order valence-corrected chi connectivity index (χ2v) is 8.48. The molecule has 2 aliphatic rings. The third-order valence-electron chi connectivity index (χ3n) is 6.45. The Morgan fingerprint density at radius 2 is 1.97 bits per heavy atom. The van der Waals surface area contributed by atoms with E-state index in [1.54, 1.807) is 0 Å². The summed E-state index contributed by atoms with van der Waals surface area (Å²) >= 11 is 0. The number of aryl methyl sites for hydroxylation is 2. The number of nitrogens with zero attached hydrogens (tertiary/aromatic N) is 2. The minimum atomic E-state index is -0.365. The standard InChI is InChI=1S/C23H30N2O4/c1-16-20(17(2)29-24-16)8-9-22(27)25-12-10-23(11-13-25)15-19(26)14-21(28-23)18-6-4-3-5-7-18/h3-7,19,21,26H,8-15H2,1-2H3/t19-,21-/m1/s1. The molecule has 2 saturated heterocycles. The normalized spacial score (nSPS) is 24.0. The van der Waals surface area contributed by atoms with Gasteiger partial charge in [0.1, 0.15) is 5.76 Å². The van der Waals surface area contributed by atoms with Gasteiger partial charge in [0.15, 0.2) is 0 Å². The van der Waals surface area contributed by atoms with Gasteiger partial charge in [-0.25, -0.2) is 0 Å². The van der Waals surface area contributed by atoms with E-state index in [2.05, 4.69) is 17.3 Å². The number of ether oxygens (including phenoxy) is 1. The fourth-order valence-corrected chi connectivity index (χ4v) is 4.76. The van der Waals surface area contributed by atoms with Crippen molar-refractivity contribution in [3.63, 3.8) is 0 Å². The van der Waals surface area contributed by atoms with Crippen molar-refractivity contribution in [1.82, 2.24) is 10.1 Å². The molecule has 29 heavy (non-hydrogen) atoms. The molecule has 2 aliphatic heterocycles. The molecule has 6 heteroatoms. The monoisotopic (exact) mass is 398 g/mol. The number of carbonyl (C=O) groups excluding carboxylic acids is 1. The number of benzene rings is 1. The average Bonchev–Trinajstić information content (AvgIpc) is 3.04. The molecule has 0 bridgehead atoms. The number of aliphatic hydroxyl groups is 1. The molecule has 2 fully saturated rings. The van der Waals surface area contributed by atoms with Gasteiger partial charge in [-0.05, 0) is 38.7 Å². The lowest BCUT2D eigenvalue weighted by Crippen LogP contribution is -2.52. The third-order valence-corrected chi connectivity index (χ3v) is 6.45. The largest absolute Gasteiger partial charge is 0.393 e. The van der Waals surface area contributed by atoms with Crippen LogP contribution in [-0.2, 0) is 16.0 Å². The number of aliphatic hydroxyl groups excluding tert-OH is 1. The van der Waals surface area contributed by atoms with Crippen molar-refractivity contribution in [1.29, 1.82) is 0 Å². The quantitative estimate of drug-likeness (QED) is 0.853. The summed E-state index contributed by atoms with van der Waals surface area (Å²) < 4.78 is 11.7. The van der Waals surface area contributed by atoms with Gasteiger partial charge >= 0.3 is 0 Å². The number of piperidine rings is 1. The first-order chi connectivity index (χ1) is 14.0. The van der Waals surface area contributed by atoms with E-state index in [1.807, 2.05) is 36.9 Å². The van der Waals surface area contributed by atoms with Gasteiger partial charge in [-0.15, -0.1) is 0 Å². The number of carbonyl (C=O) groups is 1. The topological polar surface area (TPSA) is 75.8 Å². The van der Waals surface area contributed by atoms with E-state index in [4.69, 9.17) is 9.26 Å². The molecule has 0 radical (unpaired) electrons. The molecule has 3 heterocycles. The molecule has 0 aliphatic carbocycles. The Bertz CT molecular complexity index is 820. The van der Waals surface area contributed by atoms with Gasteiger partial charge in [0.2, 0.25) is 5.91 Å². The van der Waals surface area contributed by atoms with Gasteiger partial charge in [0.25, 0.3) is 0 Å². The lowest BCUT2D eigenvalue weighted by atomic mass is 9.81. The Morgan fingerprint density at radius 3 is 2.62 bits per heavy atom. The summed E-state index contributed by atoms with van der Waals surface area (Å²) in [6.45, 7) is 5.15. The zero-order valence-corrected chi connectivity index (χ0v) is 17.3. The predicted molar refractivity (Wildman–Crippen MR) is 108 cm³/mol. The van der Waals surface area contributed by atoms with Gasteiger partial charge < -0.3 is 19.3 Å². The molecule has 1 spiro atoms. The first-order valence-electron chi connectivity index (χ1n) is 10.6. The van der Waals surface area contributed by atoms with Crippen LogP contribution >= 0.6 is 0 Å². The molecule has 4 rings (SSSR count). The van der Waals surface area contributed by atoms with Crippen molar-refractivity contribution in [3.05, 3.63) is 52.9 Å². The Morgan fingerprint density at radius 1 is 1.24 bits per heavy atom. The summed E-state index contributed by atoms with van der Waals surface area (Å²) in [4.78, 5) is 14.7. The summed E-state index contributed by atoms with van der Waals surface area (Å²) in [6.07, 6.45) is 3.49. The molecular formula is C23H30N2O4. The average molecular weight is 399 g/mol. The van der Waals surface area contributed by atoms with E-state index in [-0.39, 0.29) is 23.7 Å². The minimum Gasteiger partial charge on any atom is -0.393 e. The fourth-order valence-electron chi connectivity index (χ4n) is 4.76. The van der Waals surface area contributed by atoms with Crippen LogP contribution < -0.4 is 0 Å². The van der Waals surface area contributed by atoms with Crippen LogP contribution in [0.1, 0.15) is 60.8 Å². The number of hydrogen-bond donors (Lipinski definition) is 1. The SMILES string of the molecule is Cc1noc(C)c1CCC(=O)N1CCC2(CC1)C[C@H](O)C[C@H](c1ccccc1)O2. The number of rotatable bonds is 4. The molecule has 0 unspecified atom stereocenters. The smallest absolute Gasteiger partial charge is 0.222 e. The zero-order valence-electron chi connectivity index (χ0n) is 17.3. The van der Waals surface area contributed by atoms with E-state index < -0.39 is 0 Å². The van der Waals surface area contributed by atoms with Crippen LogP contribution in [0.3, 0.4) is 0 Å². The van der Waals surface area contributed by atoms with Crippen LogP contribution in [0.4, 0.5) is 0 Å². The van der Waals surface area contributed by atoms with Crippen molar-refractivity contribution in [3.8, 4) is 0 Å². The summed E-state index contributed by atoms with van der Waals surface area (Å²) in [5.41, 5.74) is 2.68. The minimum absolute atomic E-state index is 0.0817. The van der Waals surface area contributed by atoms with E-state index in [0.29, 0.717) is 38.8 Å². The van der Waals surface area contributed by atoms with Gasteiger partial charge in [-0.2, -0.15) is 0 Å². The van der Waals surface area contributed by atoms with E-state index in [1.165, 1.54) is 0 Å². The van der Waals surface area contributed by atoms with Gasteiger partial charge in [-0.3, -0.25) is 4.79 Å². The van der Waals surface area contributed by atoms with Gasteiger partial charge in [0.05, 0.1) is 23.5 Å². The van der Waals surface area contributed by atoms with Crippen LogP contribution in [0.25, 0.3) is 0 Å². The number of aromatic nitrogens is 1. The van der Waals surface area contributed by atoms with E-state index in [0.717, 1.165) is 35.4 Å². The Kier molecular flexibility index (Phi) is 5.74. The number of hydrogen-bond acceptors (Lipinski definition) is 5. The maximum absolute atomic E-state index is 12.7. The maximum atomic E-state index is 12.7. The maximum Gasteiger partial charge on any atom is 0.222 e. The van der Waals surface area contributed by atoms with Crippen LogP contribution in [-0.4, -0.2) is 45.9 Å². The second-order valence-electron chi connectivity index (χ2n) is 8.48. The highest BCUT2D eigenvalue weighted by molar-refractivity contribution is 5.76. The fraction of sp³-hybridized carbons (Fsp3) is 0.565. The van der Waals surface area contributed by atoms with E-state index in [9.17, 15) is 9.90 Å². The molecule has 1 aromatic heterocycles. The first-order valence-corrected chi connectivity index (χ1v) is 10.6. The summed E-state index contributed by atoms with van der Waals surface area (Å²) in [5, 5.41) is 14.5. The number of likely N-dealkylation sites (tertiary alicyclic amines) is 1. The van der Waals surface area contributed by atoms with Gasteiger partial charge in [0, 0.05) is 37.9 Å². The number of amides is 1. The highest BCUT2D eigenvalue weighted by atomic mass is 16.5. The lowest BCUT2D eigenvalue weighted by molar-refractivity contribution is -0.185. The summed E-state index contributed by atoms with van der Waals surface area (Å²) in [5.74, 6) is 0.959. The molecule has 0 saturated carbocycles. The lowest BCUT2D eigenvalue weighted by Gasteiger charge is -2.48.